The van der Waals surface area contributed by atoms with Crippen LogP contribution < -0.4 is 21.1 Å². The third-order valence-corrected chi connectivity index (χ3v) is 2.94. The van der Waals surface area contributed by atoms with Crippen molar-refractivity contribution >= 4 is 17.5 Å². The Bertz CT molecular complexity index is 490. The molecule has 1 aliphatic rings. The van der Waals surface area contributed by atoms with Gasteiger partial charge in [-0.2, -0.15) is 0 Å². The van der Waals surface area contributed by atoms with Crippen molar-refractivity contribution in [2.24, 2.45) is 11.5 Å². The molecule has 1 heterocycles. The van der Waals surface area contributed by atoms with Crippen LogP contribution in [0.15, 0.2) is 24.3 Å². The third kappa shape index (κ3) is 3.03. The molecule has 4 N–H and O–H groups in total. The molecule has 6 nitrogen and oxygen atoms in total. The van der Waals surface area contributed by atoms with Crippen LogP contribution in [0.25, 0.3) is 0 Å². The summed E-state index contributed by atoms with van der Waals surface area (Å²) in [6, 6.07) is 6.36. The number of hydrogen-bond donors (Lipinski definition) is 2. The molecule has 0 spiro atoms. The molecule has 1 aliphatic heterocycles. The number of nitrogens with two attached hydrogens (primary N) is 2. The predicted octanol–water partition coefficient (Wildman–Crippen LogP) is 0.00480. The lowest BCUT2D eigenvalue weighted by Crippen LogP contribution is -2.46. The van der Waals surface area contributed by atoms with E-state index in [1.165, 1.54) is 0 Å². The Morgan fingerprint density at radius 2 is 2.11 bits per heavy atom. The summed E-state index contributed by atoms with van der Waals surface area (Å²) in [6.07, 6.45) is 0.558. The smallest absolute Gasteiger partial charge is 0.244 e. The highest BCUT2D eigenvalue weighted by molar-refractivity contribution is 6.00. The van der Waals surface area contributed by atoms with Crippen molar-refractivity contribution in [1.82, 2.24) is 0 Å². The molecule has 1 unspecified atom stereocenters. The highest BCUT2D eigenvalue weighted by Gasteiger charge is 2.26. The first-order valence-corrected chi connectivity index (χ1v) is 6.16. The molecule has 2 amide bonds. The van der Waals surface area contributed by atoms with Crippen LogP contribution in [0.1, 0.15) is 12.8 Å². The van der Waals surface area contributed by atoms with Gasteiger partial charge < -0.3 is 21.1 Å². The van der Waals surface area contributed by atoms with Crippen molar-refractivity contribution in [3.63, 3.8) is 0 Å². The van der Waals surface area contributed by atoms with E-state index in [1.54, 1.807) is 17.0 Å². The molecule has 102 valence electrons. The maximum absolute atomic E-state index is 12.3. The molecule has 19 heavy (non-hydrogen) atoms. The lowest BCUT2D eigenvalue weighted by Gasteiger charge is -2.24. The van der Waals surface area contributed by atoms with E-state index in [-0.39, 0.29) is 12.3 Å². The Kier molecular flexibility index (Phi) is 4.01. The zero-order valence-corrected chi connectivity index (χ0v) is 10.5. The molecule has 1 aromatic rings. The van der Waals surface area contributed by atoms with Crippen molar-refractivity contribution in [3.05, 3.63) is 24.3 Å². The first-order chi connectivity index (χ1) is 9.09. The number of para-hydroxylation sites is 2. The van der Waals surface area contributed by atoms with Gasteiger partial charge in [0.25, 0.3) is 0 Å². The highest BCUT2D eigenvalue weighted by Crippen LogP contribution is 2.30. The van der Waals surface area contributed by atoms with E-state index in [0.717, 1.165) is 0 Å². The second-order valence-electron chi connectivity index (χ2n) is 4.44. The number of fused-ring (bicyclic) bond motifs is 1. The standard InChI is InChI=1S/C13H17N3O3/c14-9(8-12(15)17)13(18)16-6-3-7-19-11-5-2-1-4-10(11)16/h1-2,4-5,9H,3,6-8,14H2,(H2,15,17). The number of primary amides is 1. The Morgan fingerprint density at radius 3 is 2.84 bits per heavy atom. The second-order valence-corrected chi connectivity index (χ2v) is 4.44. The molecule has 2 rings (SSSR count). The Hall–Kier alpha value is -2.08. The van der Waals surface area contributed by atoms with Crippen LogP contribution in [0, 0.1) is 0 Å². The van der Waals surface area contributed by atoms with Gasteiger partial charge in [0.1, 0.15) is 5.75 Å². The number of anilines is 1. The number of benzene rings is 1. The van der Waals surface area contributed by atoms with Crippen LogP contribution in [-0.2, 0) is 9.59 Å². The molecule has 1 aromatic carbocycles. The zero-order chi connectivity index (χ0) is 13.8. The lowest BCUT2D eigenvalue weighted by atomic mass is 10.1. The van der Waals surface area contributed by atoms with Gasteiger partial charge in [-0.05, 0) is 18.6 Å². The van der Waals surface area contributed by atoms with Gasteiger partial charge in [0, 0.05) is 6.54 Å². The summed E-state index contributed by atoms with van der Waals surface area (Å²) in [6.45, 7) is 1.06. The van der Waals surface area contributed by atoms with Gasteiger partial charge in [0.2, 0.25) is 11.8 Å². The van der Waals surface area contributed by atoms with Gasteiger partial charge in [-0.3, -0.25) is 9.59 Å². The van der Waals surface area contributed by atoms with Crippen LogP contribution in [0.4, 0.5) is 5.69 Å². The molecular formula is C13H17N3O3. The molecule has 0 saturated heterocycles. The summed E-state index contributed by atoms with van der Waals surface area (Å²) in [5.41, 5.74) is 11.5. The summed E-state index contributed by atoms with van der Waals surface area (Å²) in [4.78, 5) is 24.7. The fourth-order valence-electron chi connectivity index (χ4n) is 2.06. The van der Waals surface area contributed by atoms with Crippen LogP contribution in [0.2, 0.25) is 0 Å². The van der Waals surface area contributed by atoms with Gasteiger partial charge >= 0.3 is 0 Å². The van der Waals surface area contributed by atoms with Crippen LogP contribution in [0.3, 0.4) is 0 Å². The molecule has 0 radical (unpaired) electrons. The van der Waals surface area contributed by atoms with E-state index in [4.69, 9.17) is 16.2 Å². The normalized spacial score (nSPS) is 15.9. The Morgan fingerprint density at radius 1 is 1.37 bits per heavy atom. The van der Waals surface area contributed by atoms with Crippen molar-refractivity contribution in [1.29, 1.82) is 0 Å². The highest BCUT2D eigenvalue weighted by atomic mass is 16.5. The van der Waals surface area contributed by atoms with Crippen LogP contribution in [-0.4, -0.2) is 31.0 Å². The van der Waals surface area contributed by atoms with E-state index in [9.17, 15) is 9.59 Å². The minimum atomic E-state index is -0.913. The minimum Gasteiger partial charge on any atom is -0.491 e. The topological polar surface area (TPSA) is 98.7 Å². The van der Waals surface area contributed by atoms with E-state index < -0.39 is 11.9 Å². The first-order valence-electron chi connectivity index (χ1n) is 6.16. The average Bonchev–Trinajstić information content (AvgIpc) is 2.59. The molecule has 0 aromatic heterocycles. The average molecular weight is 263 g/mol. The molecule has 0 bridgehead atoms. The Labute approximate surface area is 111 Å². The van der Waals surface area contributed by atoms with Gasteiger partial charge in [0.05, 0.1) is 24.8 Å². The maximum Gasteiger partial charge on any atom is 0.244 e. The van der Waals surface area contributed by atoms with Gasteiger partial charge in [0.15, 0.2) is 0 Å². The number of ether oxygens (including phenoxy) is 1. The second kappa shape index (κ2) is 5.71. The van der Waals surface area contributed by atoms with E-state index in [0.29, 0.717) is 31.0 Å². The quantitative estimate of drug-likeness (QED) is 0.802. The Balaban J connectivity index is 2.24. The zero-order valence-electron chi connectivity index (χ0n) is 10.5. The van der Waals surface area contributed by atoms with E-state index in [2.05, 4.69) is 0 Å². The SMILES string of the molecule is NC(=O)CC(N)C(=O)N1CCCOc2ccccc21. The monoisotopic (exact) mass is 263 g/mol. The number of hydrogen-bond acceptors (Lipinski definition) is 4. The van der Waals surface area contributed by atoms with E-state index in [1.807, 2.05) is 12.1 Å². The number of carbonyl (C=O) groups excluding carboxylic acids is 2. The van der Waals surface area contributed by atoms with Crippen LogP contribution in [0.5, 0.6) is 5.75 Å². The fourth-order valence-corrected chi connectivity index (χ4v) is 2.06. The van der Waals surface area contributed by atoms with E-state index >= 15 is 0 Å². The maximum atomic E-state index is 12.3. The van der Waals surface area contributed by atoms with Crippen molar-refractivity contribution < 1.29 is 14.3 Å². The molecule has 0 saturated carbocycles. The predicted molar refractivity (Wildman–Crippen MR) is 70.7 cm³/mol. The number of nitrogens with zero attached hydrogens (tertiary/aromatic N) is 1. The minimum absolute atomic E-state index is 0.154. The van der Waals surface area contributed by atoms with Crippen molar-refractivity contribution in [3.8, 4) is 5.75 Å². The number of carbonyl (C=O) groups is 2. The summed E-state index contributed by atoms with van der Waals surface area (Å²) in [5, 5.41) is 0. The summed E-state index contributed by atoms with van der Waals surface area (Å²) >= 11 is 0. The van der Waals surface area contributed by atoms with Gasteiger partial charge in [-0.15, -0.1) is 0 Å². The molecule has 1 atom stereocenters. The number of amides is 2. The van der Waals surface area contributed by atoms with Crippen molar-refractivity contribution in [2.75, 3.05) is 18.1 Å². The molecule has 0 aliphatic carbocycles. The largest absolute Gasteiger partial charge is 0.491 e. The fraction of sp³-hybridized carbons (Fsp3) is 0.385. The lowest BCUT2D eigenvalue weighted by molar-refractivity contribution is -0.124. The number of rotatable bonds is 3. The van der Waals surface area contributed by atoms with Crippen molar-refractivity contribution in [2.45, 2.75) is 18.9 Å². The molecule has 0 fully saturated rings. The van der Waals surface area contributed by atoms with Gasteiger partial charge in [-0.25, -0.2) is 0 Å². The summed E-state index contributed by atoms with van der Waals surface area (Å²) < 4.78 is 5.56. The van der Waals surface area contributed by atoms with Gasteiger partial charge in [-0.1, -0.05) is 12.1 Å². The van der Waals surface area contributed by atoms with Crippen LogP contribution >= 0.6 is 0 Å². The summed E-state index contributed by atoms with van der Waals surface area (Å²) in [7, 11) is 0. The summed E-state index contributed by atoms with van der Waals surface area (Å²) in [5.74, 6) is -0.239. The first kappa shape index (κ1) is 13.4. The third-order valence-electron chi connectivity index (χ3n) is 2.94. The molecule has 6 heteroatoms. The molecular weight excluding hydrogens is 246 g/mol.